The molecule has 1 N–H and O–H groups in total. The highest BCUT2D eigenvalue weighted by Crippen LogP contribution is 2.36. The molecule has 1 saturated heterocycles. The molecule has 1 aliphatic heterocycles. The second kappa shape index (κ2) is 10.6. The van der Waals surface area contributed by atoms with Gasteiger partial charge in [0.15, 0.2) is 0 Å². The molecule has 0 unspecified atom stereocenters. The number of aryl methyl sites for hydroxylation is 1. The lowest BCUT2D eigenvalue weighted by Crippen LogP contribution is -2.40. The van der Waals surface area contributed by atoms with E-state index in [-0.39, 0.29) is 5.91 Å². The Balaban J connectivity index is 1.52. The zero-order valence-corrected chi connectivity index (χ0v) is 21.0. The first-order chi connectivity index (χ1) is 17.2. The number of ether oxygens (including phenoxy) is 1. The van der Waals surface area contributed by atoms with Gasteiger partial charge in [0.1, 0.15) is 5.82 Å². The molecule has 0 radical (unpaired) electrons. The monoisotopic (exact) mass is 472 g/mol. The lowest BCUT2D eigenvalue weighted by atomic mass is 9.93. The largest absolute Gasteiger partial charge is 0.378 e. The summed E-state index contributed by atoms with van der Waals surface area (Å²) in [6.45, 7) is 8.96. The van der Waals surface area contributed by atoms with Crippen molar-refractivity contribution in [2.75, 3.05) is 44.3 Å². The van der Waals surface area contributed by atoms with Crippen LogP contribution in [0.2, 0.25) is 0 Å². The van der Waals surface area contributed by atoms with Gasteiger partial charge in [-0.25, -0.2) is 4.98 Å². The van der Waals surface area contributed by atoms with Crippen LogP contribution >= 0.6 is 0 Å². The number of hydrogen-bond acceptors (Lipinski definition) is 4. The van der Waals surface area contributed by atoms with Crippen LogP contribution in [0.3, 0.4) is 0 Å². The first kappa shape index (κ1) is 23.6. The molecular weight excluding hydrogens is 436 g/mol. The number of benzene rings is 2. The zero-order valence-electron chi connectivity index (χ0n) is 21.0. The predicted molar refractivity (Wildman–Crippen MR) is 143 cm³/mol. The Kier molecular flexibility index (Phi) is 7.19. The van der Waals surface area contributed by atoms with Gasteiger partial charge < -0.3 is 19.5 Å². The maximum absolute atomic E-state index is 13.0. The molecule has 35 heavy (non-hydrogen) atoms. The number of imidazole rings is 1. The van der Waals surface area contributed by atoms with Gasteiger partial charge in [-0.05, 0) is 67.6 Å². The van der Waals surface area contributed by atoms with Crippen molar-refractivity contribution in [3.63, 3.8) is 0 Å². The van der Waals surface area contributed by atoms with Gasteiger partial charge in [-0.1, -0.05) is 31.9 Å². The number of rotatable bonds is 8. The van der Waals surface area contributed by atoms with Crippen molar-refractivity contribution < 1.29 is 9.53 Å². The van der Waals surface area contributed by atoms with Crippen molar-refractivity contribution >= 4 is 28.7 Å². The summed E-state index contributed by atoms with van der Waals surface area (Å²) in [6, 6.07) is 10.5. The SMILES string of the molecule is CCCCCN(CC)c1cc2c(cc1-c1nc3ccc(C(=O)N4CCOCC4)cc3[nH]1)CCC=C2. The van der Waals surface area contributed by atoms with Gasteiger partial charge in [0.2, 0.25) is 0 Å². The van der Waals surface area contributed by atoms with E-state index >= 15 is 0 Å². The standard InChI is InChI=1S/C29H36N4O2/c1-3-5-8-13-32(4-2)27-20-22-10-7-6-9-21(22)18-24(27)28-30-25-12-11-23(19-26(25)31-28)29(34)33-14-16-35-17-15-33/h7,10-12,18-20H,3-6,8-9,13-17H2,1-2H3,(H,30,31). The number of aromatic nitrogens is 2. The molecule has 1 amide bonds. The first-order valence-corrected chi connectivity index (χ1v) is 13.1. The lowest BCUT2D eigenvalue weighted by Gasteiger charge is -2.27. The highest BCUT2D eigenvalue weighted by atomic mass is 16.5. The van der Waals surface area contributed by atoms with Crippen LogP contribution in [0, 0.1) is 0 Å². The maximum Gasteiger partial charge on any atom is 0.254 e. The topological polar surface area (TPSA) is 61.5 Å². The van der Waals surface area contributed by atoms with Crippen LogP contribution in [0.5, 0.6) is 0 Å². The van der Waals surface area contributed by atoms with E-state index in [1.165, 1.54) is 36.1 Å². The fourth-order valence-corrected chi connectivity index (χ4v) is 5.14. The van der Waals surface area contributed by atoms with Gasteiger partial charge in [-0.3, -0.25) is 4.79 Å². The molecule has 2 aliphatic rings. The van der Waals surface area contributed by atoms with E-state index in [9.17, 15) is 4.79 Å². The average Bonchev–Trinajstić information content (AvgIpc) is 3.34. The third-order valence-corrected chi connectivity index (χ3v) is 7.17. The Bertz CT molecular complexity index is 1220. The number of allylic oxidation sites excluding steroid dienone is 1. The lowest BCUT2D eigenvalue weighted by molar-refractivity contribution is 0.0303. The normalized spacial score (nSPS) is 15.4. The molecule has 0 spiro atoms. The Morgan fingerprint density at radius 1 is 1.14 bits per heavy atom. The molecular formula is C29H36N4O2. The molecule has 5 rings (SSSR count). The zero-order chi connectivity index (χ0) is 24.2. The van der Waals surface area contributed by atoms with E-state index in [0.29, 0.717) is 31.9 Å². The number of hydrogen-bond donors (Lipinski definition) is 1. The highest BCUT2D eigenvalue weighted by Gasteiger charge is 2.21. The average molecular weight is 473 g/mol. The van der Waals surface area contributed by atoms with E-state index in [0.717, 1.165) is 48.4 Å². The van der Waals surface area contributed by atoms with Crippen molar-refractivity contribution in [1.82, 2.24) is 14.9 Å². The molecule has 0 saturated carbocycles. The summed E-state index contributed by atoms with van der Waals surface area (Å²) < 4.78 is 5.40. The number of aromatic amines is 1. The summed E-state index contributed by atoms with van der Waals surface area (Å²) in [6.07, 6.45) is 10.3. The molecule has 2 aromatic carbocycles. The maximum atomic E-state index is 13.0. The Morgan fingerprint density at radius 3 is 2.80 bits per heavy atom. The molecule has 0 atom stereocenters. The fraction of sp³-hybridized carbons (Fsp3) is 0.448. The van der Waals surface area contributed by atoms with Crippen molar-refractivity contribution in [2.45, 2.75) is 46.0 Å². The number of fused-ring (bicyclic) bond motifs is 2. The minimum atomic E-state index is 0.0562. The Morgan fingerprint density at radius 2 is 2.00 bits per heavy atom. The van der Waals surface area contributed by atoms with Crippen LogP contribution in [-0.4, -0.2) is 60.2 Å². The van der Waals surface area contributed by atoms with Crippen LogP contribution in [-0.2, 0) is 11.2 Å². The number of anilines is 1. The molecule has 2 heterocycles. The van der Waals surface area contributed by atoms with E-state index in [1.807, 2.05) is 23.1 Å². The van der Waals surface area contributed by atoms with Crippen LogP contribution < -0.4 is 4.90 Å². The molecule has 6 heteroatoms. The summed E-state index contributed by atoms with van der Waals surface area (Å²) in [7, 11) is 0. The predicted octanol–water partition coefficient (Wildman–Crippen LogP) is 5.68. The van der Waals surface area contributed by atoms with Crippen molar-refractivity contribution in [2.24, 2.45) is 0 Å². The van der Waals surface area contributed by atoms with Crippen molar-refractivity contribution in [3.8, 4) is 11.4 Å². The van der Waals surface area contributed by atoms with Gasteiger partial charge in [-0.2, -0.15) is 0 Å². The summed E-state index contributed by atoms with van der Waals surface area (Å²) >= 11 is 0. The number of nitrogens with zero attached hydrogens (tertiary/aromatic N) is 3. The molecule has 6 nitrogen and oxygen atoms in total. The smallest absolute Gasteiger partial charge is 0.254 e. The molecule has 3 aromatic rings. The van der Waals surface area contributed by atoms with Crippen molar-refractivity contribution in [3.05, 3.63) is 53.1 Å². The first-order valence-electron chi connectivity index (χ1n) is 13.1. The van der Waals surface area contributed by atoms with E-state index in [4.69, 9.17) is 9.72 Å². The quantitative estimate of drug-likeness (QED) is 0.429. The number of H-pyrrole nitrogens is 1. The number of amides is 1. The summed E-state index contributed by atoms with van der Waals surface area (Å²) in [4.78, 5) is 25.9. The van der Waals surface area contributed by atoms with Crippen LogP contribution in [0.15, 0.2) is 36.4 Å². The number of unbranched alkanes of at least 4 members (excludes halogenated alkanes) is 2. The highest BCUT2D eigenvalue weighted by molar-refractivity contribution is 5.98. The number of nitrogens with one attached hydrogen (secondary N) is 1. The van der Waals surface area contributed by atoms with Gasteiger partial charge >= 0.3 is 0 Å². The molecule has 0 bridgehead atoms. The van der Waals surface area contributed by atoms with Crippen LogP contribution in [0.25, 0.3) is 28.5 Å². The third-order valence-electron chi connectivity index (χ3n) is 7.17. The second-order valence-corrected chi connectivity index (χ2v) is 9.52. The number of morpholine rings is 1. The van der Waals surface area contributed by atoms with E-state index in [1.54, 1.807) is 0 Å². The summed E-state index contributed by atoms with van der Waals surface area (Å²) in [5.41, 5.74) is 7.55. The molecule has 184 valence electrons. The number of carbonyl (C=O) groups is 1. The van der Waals surface area contributed by atoms with E-state index < -0.39 is 0 Å². The summed E-state index contributed by atoms with van der Waals surface area (Å²) in [5, 5.41) is 0. The van der Waals surface area contributed by atoms with Crippen molar-refractivity contribution in [1.29, 1.82) is 0 Å². The Hall–Kier alpha value is -3.12. The van der Waals surface area contributed by atoms with Crippen LogP contribution in [0.1, 0.15) is 61.0 Å². The molecule has 1 aromatic heterocycles. The molecule has 1 fully saturated rings. The van der Waals surface area contributed by atoms with Gasteiger partial charge in [0.05, 0.1) is 24.2 Å². The van der Waals surface area contributed by atoms with Gasteiger partial charge in [0.25, 0.3) is 5.91 Å². The molecule has 1 aliphatic carbocycles. The minimum absolute atomic E-state index is 0.0562. The fourth-order valence-electron chi connectivity index (χ4n) is 5.14. The van der Waals surface area contributed by atoms with Gasteiger partial charge in [0, 0.05) is 43.0 Å². The number of carbonyl (C=O) groups excluding carboxylic acids is 1. The Labute approximate surface area is 208 Å². The summed E-state index contributed by atoms with van der Waals surface area (Å²) in [5.74, 6) is 0.929. The minimum Gasteiger partial charge on any atom is -0.378 e. The van der Waals surface area contributed by atoms with Gasteiger partial charge in [-0.15, -0.1) is 0 Å². The third kappa shape index (κ3) is 4.98. The van der Waals surface area contributed by atoms with Crippen LogP contribution in [0.4, 0.5) is 5.69 Å². The van der Waals surface area contributed by atoms with E-state index in [2.05, 4.69) is 48.0 Å². The second-order valence-electron chi connectivity index (χ2n) is 9.52.